The summed E-state index contributed by atoms with van der Waals surface area (Å²) in [6, 6.07) is 6.63. The standard InChI is InChI=1S/C14H20FNO/c1-16-8-2-7-14(10-16,11-17)9-12-3-5-13(15)6-4-12/h3-6,17H,2,7-11H2,1H3. The van der Waals surface area contributed by atoms with Gasteiger partial charge in [-0.3, -0.25) is 0 Å². The van der Waals surface area contributed by atoms with Gasteiger partial charge in [0.25, 0.3) is 0 Å². The topological polar surface area (TPSA) is 23.5 Å². The largest absolute Gasteiger partial charge is 0.396 e. The van der Waals surface area contributed by atoms with Crippen LogP contribution in [0, 0.1) is 11.2 Å². The van der Waals surface area contributed by atoms with Crippen LogP contribution >= 0.6 is 0 Å². The Hall–Kier alpha value is -0.930. The molecule has 0 saturated carbocycles. The normalized spacial score (nSPS) is 26.1. The number of piperidine rings is 1. The van der Waals surface area contributed by atoms with Crippen molar-refractivity contribution in [2.24, 2.45) is 5.41 Å². The van der Waals surface area contributed by atoms with E-state index in [9.17, 15) is 9.50 Å². The van der Waals surface area contributed by atoms with Gasteiger partial charge in [-0.15, -0.1) is 0 Å². The molecule has 1 aliphatic rings. The number of rotatable bonds is 3. The first-order chi connectivity index (χ1) is 8.13. The first-order valence-electron chi connectivity index (χ1n) is 6.17. The van der Waals surface area contributed by atoms with Crippen LogP contribution in [0.3, 0.4) is 0 Å². The Labute approximate surface area is 102 Å². The summed E-state index contributed by atoms with van der Waals surface area (Å²) < 4.78 is 12.8. The molecule has 3 heteroatoms. The van der Waals surface area contributed by atoms with Crippen molar-refractivity contribution in [1.82, 2.24) is 4.90 Å². The van der Waals surface area contributed by atoms with Crippen LogP contribution in [0.5, 0.6) is 0 Å². The van der Waals surface area contributed by atoms with Crippen LogP contribution in [0.15, 0.2) is 24.3 Å². The first-order valence-corrected chi connectivity index (χ1v) is 6.17. The lowest BCUT2D eigenvalue weighted by Gasteiger charge is -2.40. The second-order valence-corrected chi connectivity index (χ2v) is 5.30. The zero-order valence-electron chi connectivity index (χ0n) is 10.3. The summed E-state index contributed by atoms with van der Waals surface area (Å²) in [5.74, 6) is -0.201. The molecule has 1 saturated heterocycles. The molecule has 1 N–H and O–H groups in total. The molecular formula is C14H20FNO. The van der Waals surface area contributed by atoms with E-state index in [4.69, 9.17) is 0 Å². The van der Waals surface area contributed by atoms with Crippen LogP contribution in [0.25, 0.3) is 0 Å². The van der Waals surface area contributed by atoms with Gasteiger partial charge in [-0.1, -0.05) is 12.1 Å². The average molecular weight is 237 g/mol. The lowest BCUT2D eigenvalue weighted by molar-refractivity contribution is 0.0439. The van der Waals surface area contributed by atoms with E-state index in [1.807, 2.05) is 12.1 Å². The molecule has 1 aromatic rings. The molecule has 1 aromatic carbocycles. The second kappa shape index (κ2) is 5.15. The first kappa shape index (κ1) is 12.5. The fourth-order valence-corrected chi connectivity index (χ4v) is 2.82. The van der Waals surface area contributed by atoms with Gasteiger partial charge in [-0.25, -0.2) is 4.39 Å². The number of hydrogen-bond acceptors (Lipinski definition) is 2. The van der Waals surface area contributed by atoms with E-state index in [0.29, 0.717) is 0 Å². The molecule has 0 spiro atoms. The Bertz CT molecular complexity index is 365. The van der Waals surface area contributed by atoms with Crippen LogP contribution < -0.4 is 0 Å². The third kappa shape index (κ3) is 3.05. The smallest absolute Gasteiger partial charge is 0.123 e. The van der Waals surface area contributed by atoms with Crippen molar-refractivity contribution < 1.29 is 9.50 Å². The third-order valence-electron chi connectivity index (χ3n) is 3.68. The molecule has 0 radical (unpaired) electrons. The lowest BCUT2D eigenvalue weighted by atomic mass is 9.76. The molecule has 0 aromatic heterocycles. The number of aliphatic hydroxyl groups excluding tert-OH is 1. The molecule has 1 fully saturated rings. The van der Waals surface area contributed by atoms with E-state index >= 15 is 0 Å². The quantitative estimate of drug-likeness (QED) is 0.870. The minimum absolute atomic E-state index is 0.0508. The Balaban J connectivity index is 2.10. The zero-order chi connectivity index (χ0) is 12.3. The predicted octanol–water partition coefficient (Wildman–Crippen LogP) is 2.07. The molecule has 0 amide bonds. The Morgan fingerprint density at radius 2 is 2.06 bits per heavy atom. The van der Waals surface area contributed by atoms with Crippen LogP contribution in [-0.4, -0.2) is 36.8 Å². The maximum absolute atomic E-state index is 12.8. The van der Waals surface area contributed by atoms with E-state index in [1.165, 1.54) is 12.1 Å². The molecule has 94 valence electrons. The van der Waals surface area contributed by atoms with Gasteiger partial charge in [0.15, 0.2) is 0 Å². The summed E-state index contributed by atoms with van der Waals surface area (Å²) >= 11 is 0. The predicted molar refractivity (Wildman–Crippen MR) is 66.4 cm³/mol. The third-order valence-corrected chi connectivity index (χ3v) is 3.68. The SMILES string of the molecule is CN1CCCC(CO)(Cc2ccc(F)cc2)C1. The fourth-order valence-electron chi connectivity index (χ4n) is 2.82. The van der Waals surface area contributed by atoms with Crippen molar-refractivity contribution in [3.8, 4) is 0 Å². The molecule has 1 unspecified atom stereocenters. The summed E-state index contributed by atoms with van der Waals surface area (Å²) in [4.78, 5) is 2.27. The highest BCUT2D eigenvalue weighted by molar-refractivity contribution is 5.18. The Kier molecular flexibility index (Phi) is 3.79. The highest BCUT2D eigenvalue weighted by atomic mass is 19.1. The van der Waals surface area contributed by atoms with Crippen molar-refractivity contribution >= 4 is 0 Å². The molecule has 0 aliphatic carbocycles. The van der Waals surface area contributed by atoms with Gasteiger partial charge in [0.2, 0.25) is 0 Å². The second-order valence-electron chi connectivity index (χ2n) is 5.30. The van der Waals surface area contributed by atoms with Crippen LogP contribution in [0.1, 0.15) is 18.4 Å². The van der Waals surface area contributed by atoms with Crippen molar-refractivity contribution in [3.05, 3.63) is 35.6 Å². The monoisotopic (exact) mass is 237 g/mol. The molecule has 0 bridgehead atoms. The zero-order valence-corrected chi connectivity index (χ0v) is 10.3. The van der Waals surface area contributed by atoms with Crippen LogP contribution in [0.4, 0.5) is 4.39 Å². The van der Waals surface area contributed by atoms with Gasteiger partial charge in [-0.2, -0.15) is 0 Å². The maximum Gasteiger partial charge on any atom is 0.123 e. The fraction of sp³-hybridized carbons (Fsp3) is 0.571. The minimum Gasteiger partial charge on any atom is -0.396 e. The number of benzene rings is 1. The minimum atomic E-state index is -0.201. The summed E-state index contributed by atoms with van der Waals surface area (Å²) in [6.45, 7) is 2.22. The van der Waals surface area contributed by atoms with E-state index in [1.54, 1.807) is 0 Å². The molecule has 2 rings (SSSR count). The van der Waals surface area contributed by atoms with Gasteiger partial charge >= 0.3 is 0 Å². The number of hydrogen-bond donors (Lipinski definition) is 1. The van der Waals surface area contributed by atoms with E-state index < -0.39 is 0 Å². The highest BCUT2D eigenvalue weighted by Crippen LogP contribution is 2.32. The van der Waals surface area contributed by atoms with Crippen molar-refractivity contribution in [1.29, 1.82) is 0 Å². The van der Waals surface area contributed by atoms with Gasteiger partial charge in [0.1, 0.15) is 5.82 Å². The molecule has 2 nitrogen and oxygen atoms in total. The average Bonchev–Trinajstić information content (AvgIpc) is 2.32. The summed E-state index contributed by atoms with van der Waals surface area (Å²) in [5, 5.41) is 9.67. The lowest BCUT2D eigenvalue weighted by Crippen LogP contribution is -2.44. The number of nitrogens with zero attached hydrogens (tertiary/aromatic N) is 1. The van der Waals surface area contributed by atoms with Crippen molar-refractivity contribution in [2.45, 2.75) is 19.3 Å². The van der Waals surface area contributed by atoms with Crippen molar-refractivity contribution in [2.75, 3.05) is 26.7 Å². The summed E-state index contributed by atoms with van der Waals surface area (Å²) in [7, 11) is 2.09. The summed E-state index contributed by atoms with van der Waals surface area (Å²) in [5.41, 5.74) is 1.06. The Morgan fingerprint density at radius 1 is 1.35 bits per heavy atom. The molecular weight excluding hydrogens is 217 g/mol. The van der Waals surface area contributed by atoms with E-state index in [0.717, 1.165) is 37.9 Å². The molecule has 17 heavy (non-hydrogen) atoms. The molecule has 1 heterocycles. The number of likely N-dealkylation sites (tertiary alicyclic amines) is 1. The van der Waals surface area contributed by atoms with Crippen LogP contribution in [0.2, 0.25) is 0 Å². The summed E-state index contributed by atoms with van der Waals surface area (Å²) in [6.07, 6.45) is 3.00. The molecule has 1 atom stereocenters. The van der Waals surface area contributed by atoms with Gasteiger partial charge in [-0.05, 0) is 50.6 Å². The van der Waals surface area contributed by atoms with Crippen molar-refractivity contribution in [3.63, 3.8) is 0 Å². The van der Waals surface area contributed by atoms with E-state index in [2.05, 4.69) is 11.9 Å². The Morgan fingerprint density at radius 3 is 2.65 bits per heavy atom. The molecule has 1 aliphatic heterocycles. The van der Waals surface area contributed by atoms with Gasteiger partial charge < -0.3 is 10.0 Å². The number of halogens is 1. The number of aliphatic hydroxyl groups is 1. The van der Waals surface area contributed by atoms with Gasteiger partial charge in [0.05, 0.1) is 6.61 Å². The van der Waals surface area contributed by atoms with Crippen LogP contribution in [-0.2, 0) is 6.42 Å². The van der Waals surface area contributed by atoms with Gasteiger partial charge in [0, 0.05) is 12.0 Å². The maximum atomic E-state index is 12.8. The highest BCUT2D eigenvalue weighted by Gasteiger charge is 2.33. The van der Waals surface area contributed by atoms with E-state index in [-0.39, 0.29) is 17.8 Å².